The van der Waals surface area contributed by atoms with E-state index in [4.69, 9.17) is 9.47 Å². The molecule has 1 atom stereocenters. The maximum atomic E-state index is 14.6. The molecule has 0 aromatic heterocycles. The Labute approximate surface area is 266 Å². The van der Waals surface area contributed by atoms with E-state index in [9.17, 15) is 52.7 Å². The Balaban J connectivity index is 1.27. The summed E-state index contributed by atoms with van der Waals surface area (Å²) in [5, 5.41) is 0. The number of halogens is 12. The fourth-order valence-electron chi connectivity index (χ4n) is 4.95. The maximum absolute atomic E-state index is 14.6. The zero-order valence-corrected chi connectivity index (χ0v) is 24.9. The van der Waals surface area contributed by atoms with Gasteiger partial charge in [-0.15, -0.1) is 0 Å². The van der Waals surface area contributed by atoms with Crippen LogP contribution in [0.2, 0.25) is 0 Å². The summed E-state index contributed by atoms with van der Waals surface area (Å²) >= 11 is 0. The molecule has 14 heteroatoms. The molecule has 0 saturated carbocycles. The lowest BCUT2D eigenvalue weighted by atomic mass is 9.97. The molecule has 0 heterocycles. The molecule has 0 radical (unpaired) electrons. The van der Waals surface area contributed by atoms with Crippen LogP contribution >= 0.6 is 0 Å². The first-order valence-electron chi connectivity index (χ1n) is 14.4. The normalized spacial score (nSPS) is 12.7. The standard InChI is InChI=1S/C34H26F12O2/c1-18-26(35)12-19(13-27(18)36)24-8-6-22(16-28(24)37)47-10-2-4-21(33(41,42)43)5-3-11-48-23-7-9-25(29(38)17-23)20-14-30(39)32(31(40)15-20)34(44,45)46/h6-9,12-17,21H,2-5,10-11H2,1H3. The minimum absolute atomic E-state index is 0.00751. The Hall–Kier alpha value is -4.36. The highest BCUT2D eigenvalue weighted by Gasteiger charge is 2.39. The molecule has 258 valence electrons. The molecule has 48 heavy (non-hydrogen) atoms. The van der Waals surface area contributed by atoms with Crippen LogP contribution in [0, 0.1) is 47.7 Å². The summed E-state index contributed by atoms with van der Waals surface area (Å²) in [6, 6.07) is 9.08. The number of ether oxygens (including phenoxy) is 2. The molecule has 4 rings (SSSR count). The predicted octanol–water partition coefficient (Wildman–Crippen LogP) is 11.4. The highest BCUT2D eigenvalue weighted by Crippen LogP contribution is 2.37. The van der Waals surface area contributed by atoms with E-state index in [1.165, 1.54) is 19.1 Å². The summed E-state index contributed by atoms with van der Waals surface area (Å²) in [4.78, 5) is 0. The van der Waals surface area contributed by atoms with E-state index < -0.39 is 69.9 Å². The summed E-state index contributed by atoms with van der Waals surface area (Å²) in [5.74, 6) is -9.37. The van der Waals surface area contributed by atoms with Crippen molar-refractivity contribution in [2.45, 2.75) is 45.0 Å². The molecule has 0 fully saturated rings. The molecular formula is C34H26F12O2. The number of alkyl halides is 6. The smallest absolute Gasteiger partial charge is 0.422 e. The number of hydrogen-bond donors (Lipinski definition) is 0. The van der Waals surface area contributed by atoms with Crippen molar-refractivity contribution < 1.29 is 62.2 Å². The van der Waals surface area contributed by atoms with Gasteiger partial charge in [0.15, 0.2) is 0 Å². The SMILES string of the molecule is Cc1c(F)cc(-c2ccc(OCCCC(CCCOc3ccc(-c4cc(F)c(C(F)(F)F)c(F)c4)c(F)c3)C(F)(F)F)cc2F)cc1F. The van der Waals surface area contributed by atoms with Gasteiger partial charge in [0.1, 0.15) is 52.0 Å². The highest BCUT2D eigenvalue weighted by molar-refractivity contribution is 5.66. The maximum Gasteiger partial charge on any atom is 0.422 e. The first kappa shape index (κ1) is 36.5. The first-order chi connectivity index (χ1) is 22.5. The third-order valence-electron chi connectivity index (χ3n) is 7.50. The van der Waals surface area contributed by atoms with Crippen molar-refractivity contribution in [1.82, 2.24) is 0 Å². The largest absolute Gasteiger partial charge is 0.493 e. The number of benzene rings is 4. The lowest BCUT2D eigenvalue weighted by Gasteiger charge is -2.20. The van der Waals surface area contributed by atoms with E-state index in [2.05, 4.69) is 0 Å². The van der Waals surface area contributed by atoms with Crippen molar-refractivity contribution >= 4 is 0 Å². The van der Waals surface area contributed by atoms with Gasteiger partial charge >= 0.3 is 12.4 Å². The van der Waals surface area contributed by atoms with Gasteiger partial charge in [0.25, 0.3) is 0 Å². The average molecular weight is 695 g/mol. The molecule has 1 unspecified atom stereocenters. The predicted molar refractivity (Wildman–Crippen MR) is 152 cm³/mol. The van der Waals surface area contributed by atoms with Crippen LogP contribution in [0.5, 0.6) is 11.5 Å². The van der Waals surface area contributed by atoms with Crippen LogP contribution in [0.15, 0.2) is 60.7 Å². The molecule has 0 spiro atoms. The highest BCUT2D eigenvalue weighted by atomic mass is 19.4. The van der Waals surface area contributed by atoms with Gasteiger partial charge in [-0.2, -0.15) is 26.3 Å². The fraction of sp³-hybridized carbons (Fsp3) is 0.294. The summed E-state index contributed by atoms with van der Waals surface area (Å²) in [7, 11) is 0. The Bertz CT molecular complexity index is 1700. The molecule has 0 bridgehead atoms. The number of hydrogen-bond acceptors (Lipinski definition) is 2. The molecule has 0 aliphatic rings. The molecule has 0 N–H and O–H groups in total. The third kappa shape index (κ3) is 8.95. The van der Waals surface area contributed by atoms with Crippen molar-refractivity contribution in [2.24, 2.45) is 5.92 Å². The van der Waals surface area contributed by atoms with Gasteiger partial charge in [-0.25, -0.2) is 26.3 Å². The fourth-order valence-corrected chi connectivity index (χ4v) is 4.95. The second-order valence-electron chi connectivity index (χ2n) is 10.9. The second kappa shape index (κ2) is 14.8. The Morgan fingerprint density at radius 2 is 0.938 bits per heavy atom. The molecule has 2 nitrogen and oxygen atoms in total. The van der Waals surface area contributed by atoms with Crippen molar-refractivity contribution in [2.75, 3.05) is 13.2 Å². The van der Waals surface area contributed by atoms with Crippen LogP contribution in [0.4, 0.5) is 52.7 Å². The van der Waals surface area contributed by atoms with Crippen molar-refractivity contribution in [3.63, 3.8) is 0 Å². The summed E-state index contributed by atoms with van der Waals surface area (Å²) in [5.41, 5.74) is -3.39. The van der Waals surface area contributed by atoms with Crippen molar-refractivity contribution in [1.29, 1.82) is 0 Å². The number of rotatable bonds is 12. The van der Waals surface area contributed by atoms with Gasteiger partial charge in [-0.1, -0.05) is 0 Å². The zero-order chi connectivity index (χ0) is 35.4. The van der Waals surface area contributed by atoms with Gasteiger partial charge in [-0.05, 0) is 92.3 Å². The van der Waals surface area contributed by atoms with E-state index in [0.29, 0.717) is 12.1 Å². The zero-order valence-electron chi connectivity index (χ0n) is 24.9. The minimum atomic E-state index is -5.30. The van der Waals surface area contributed by atoms with Crippen molar-refractivity contribution in [3.8, 4) is 33.8 Å². The van der Waals surface area contributed by atoms with Crippen LogP contribution in [0.3, 0.4) is 0 Å². The Morgan fingerprint density at radius 1 is 0.542 bits per heavy atom. The topological polar surface area (TPSA) is 18.5 Å². The van der Waals surface area contributed by atoms with Gasteiger partial charge < -0.3 is 9.47 Å². The van der Waals surface area contributed by atoms with Crippen LogP contribution in [0.1, 0.15) is 36.8 Å². The monoisotopic (exact) mass is 694 g/mol. The molecule has 0 saturated heterocycles. The average Bonchev–Trinajstić information content (AvgIpc) is 2.97. The van der Waals surface area contributed by atoms with Gasteiger partial charge in [0, 0.05) is 28.8 Å². The summed E-state index contributed by atoms with van der Waals surface area (Å²) < 4.78 is 175. The molecule has 0 aliphatic carbocycles. The van der Waals surface area contributed by atoms with E-state index >= 15 is 0 Å². The summed E-state index contributed by atoms with van der Waals surface area (Å²) in [6.45, 7) is 0.788. The lowest BCUT2D eigenvalue weighted by molar-refractivity contribution is -0.179. The van der Waals surface area contributed by atoms with E-state index in [-0.39, 0.29) is 67.1 Å². The van der Waals surface area contributed by atoms with E-state index in [0.717, 1.165) is 36.4 Å². The molecule has 0 aliphatic heterocycles. The van der Waals surface area contributed by atoms with Crippen LogP contribution in [-0.2, 0) is 6.18 Å². The quantitative estimate of drug-likeness (QED) is 0.109. The Kier molecular flexibility index (Phi) is 11.3. The van der Waals surface area contributed by atoms with Crippen LogP contribution in [-0.4, -0.2) is 19.4 Å². The van der Waals surface area contributed by atoms with Gasteiger partial charge in [0.2, 0.25) is 0 Å². The molecule has 4 aromatic rings. The molecule has 0 amide bonds. The lowest BCUT2D eigenvalue weighted by Crippen LogP contribution is -2.24. The van der Waals surface area contributed by atoms with E-state index in [1.54, 1.807) is 0 Å². The van der Waals surface area contributed by atoms with E-state index in [1.807, 2.05) is 0 Å². The first-order valence-corrected chi connectivity index (χ1v) is 14.4. The third-order valence-corrected chi connectivity index (χ3v) is 7.50. The minimum Gasteiger partial charge on any atom is -0.493 e. The van der Waals surface area contributed by atoms with Crippen molar-refractivity contribution in [3.05, 3.63) is 107 Å². The summed E-state index contributed by atoms with van der Waals surface area (Å²) in [6.07, 6.45) is -10.7. The van der Waals surface area contributed by atoms with Crippen LogP contribution in [0.25, 0.3) is 22.3 Å². The van der Waals surface area contributed by atoms with Gasteiger partial charge in [-0.3, -0.25) is 0 Å². The van der Waals surface area contributed by atoms with Crippen LogP contribution < -0.4 is 9.47 Å². The van der Waals surface area contributed by atoms with Gasteiger partial charge in [0.05, 0.1) is 19.1 Å². The molecule has 4 aromatic carbocycles. The second-order valence-corrected chi connectivity index (χ2v) is 10.9. The molecular weight excluding hydrogens is 668 g/mol. The Morgan fingerprint density at radius 3 is 1.29 bits per heavy atom.